The molecule has 0 saturated carbocycles. The van der Waals surface area contributed by atoms with E-state index in [-0.39, 0.29) is 34.0 Å². The van der Waals surface area contributed by atoms with Crippen molar-refractivity contribution in [1.29, 1.82) is 0 Å². The maximum atomic E-state index is 14.8. The lowest BCUT2D eigenvalue weighted by Gasteiger charge is -2.15. The summed E-state index contributed by atoms with van der Waals surface area (Å²) in [7, 11) is 3.62. The van der Waals surface area contributed by atoms with Crippen molar-refractivity contribution in [3.8, 4) is 22.1 Å². The van der Waals surface area contributed by atoms with E-state index < -0.39 is 42.5 Å². The van der Waals surface area contributed by atoms with Crippen molar-refractivity contribution in [2.24, 2.45) is 0 Å². The zero-order valence-corrected chi connectivity index (χ0v) is 23.3. The van der Waals surface area contributed by atoms with Crippen LogP contribution in [-0.2, 0) is 13.1 Å². The molecule has 5 rings (SSSR count). The van der Waals surface area contributed by atoms with Crippen LogP contribution in [0, 0.1) is 11.6 Å². The smallest absolute Gasteiger partial charge is 0.338 e. The number of nitrogen functional groups attached to an aromatic ring is 1. The van der Waals surface area contributed by atoms with Gasteiger partial charge in [0.25, 0.3) is 12.0 Å². The molecule has 0 amide bonds. The van der Waals surface area contributed by atoms with Crippen molar-refractivity contribution in [2.75, 3.05) is 26.4 Å². The number of hydrogen-bond donors (Lipinski definition) is 1. The number of alkyl halides is 2. The second-order valence-corrected chi connectivity index (χ2v) is 10.7. The van der Waals surface area contributed by atoms with E-state index in [1.165, 1.54) is 24.3 Å². The predicted octanol–water partition coefficient (Wildman–Crippen LogP) is 4.89. The molecule has 218 valence electrons. The lowest BCUT2D eigenvalue weighted by Crippen LogP contribution is -2.39. The summed E-state index contributed by atoms with van der Waals surface area (Å²) in [6.07, 6.45) is -2.77. The molecule has 5 aromatic rings. The van der Waals surface area contributed by atoms with Gasteiger partial charge in [-0.3, -0.25) is 9.36 Å². The molecular formula is C29H25F4N5O3S. The van der Waals surface area contributed by atoms with E-state index in [0.717, 1.165) is 38.2 Å². The highest BCUT2D eigenvalue weighted by Gasteiger charge is 2.25. The van der Waals surface area contributed by atoms with Crippen LogP contribution in [0.25, 0.3) is 26.5 Å². The van der Waals surface area contributed by atoms with Gasteiger partial charge in [0.1, 0.15) is 22.3 Å². The number of rotatable bonds is 9. The number of benzene rings is 2. The second kappa shape index (κ2) is 11.8. The molecule has 0 fully saturated rings. The molecule has 0 aliphatic rings. The van der Waals surface area contributed by atoms with Crippen molar-refractivity contribution < 1.29 is 22.3 Å². The normalized spacial score (nSPS) is 11.6. The van der Waals surface area contributed by atoms with Crippen molar-refractivity contribution >= 4 is 27.2 Å². The van der Waals surface area contributed by atoms with Crippen LogP contribution in [-0.4, -0.2) is 46.1 Å². The van der Waals surface area contributed by atoms with E-state index in [0.29, 0.717) is 16.1 Å². The molecular weight excluding hydrogens is 574 g/mol. The topological polar surface area (TPSA) is 95.4 Å². The number of ether oxygens (including phenoxy) is 1. The summed E-state index contributed by atoms with van der Waals surface area (Å²) < 4.78 is 62.0. The zero-order chi connectivity index (χ0) is 30.1. The van der Waals surface area contributed by atoms with E-state index in [1.807, 2.05) is 19.0 Å². The minimum Gasteiger partial charge on any atom is -0.472 e. The highest BCUT2D eigenvalue weighted by Crippen LogP contribution is 2.38. The minimum atomic E-state index is -2.77. The summed E-state index contributed by atoms with van der Waals surface area (Å²) in [5, 5.41) is 0.151. The maximum Gasteiger partial charge on any atom is 0.338 e. The van der Waals surface area contributed by atoms with Crippen molar-refractivity contribution in [1.82, 2.24) is 19.0 Å². The Morgan fingerprint density at radius 1 is 0.976 bits per heavy atom. The molecule has 2 N–H and O–H groups in total. The third kappa shape index (κ3) is 5.65. The molecule has 0 bridgehead atoms. The Morgan fingerprint density at radius 3 is 2.29 bits per heavy atom. The van der Waals surface area contributed by atoms with Gasteiger partial charge in [-0.05, 0) is 55.6 Å². The summed E-state index contributed by atoms with van der Waals surface area (Å²) in [6, 6.07) is 14.4. The molecule has 0 atom stereocenters. The monoisotopic (exact) mass is 599 g/mol. The first-order valence-electron chi connectivity index (χ1n) is 12.7. The fourth-order valence-corrected chi connectivity index (χ4v) is 5.85. The van der Waals surface area contributed by atoms with Gasteiger partial charge in [0.15, 0.2) is 6.61 Å². The largest absolute Gasteiger partial charge is 0.472 e. The van der Waals surface area contributed by atoms with Crippen molar-refractivity contribution in [2.45, 2.75) is 19.5 Å². The van der Waals surface area contributed by atoms with E-state index in [1.54, 1.807) is 24.3 Å². The summed E-state index contributed by atoms with van der Waals surface area (Å²) >= 11 is 1.14. The fraction of sp³-hybridized carbons (Fsp3) is 0.207. The molecule has 0 spiro atoms. The van der Waals surface area contributed by atoms with Crippen molar-refractivity contribution in [3.63, 3.8) is 0 Å². The Labute approximate surface area is 240 Å². The number of aromatic nitrogens is 3. The van der Waals surface area contributed by atoms with Crippen LogP contribution in [0.15, 0.2) is 70.3 Å². The van der Waals surface area contributed by atoms with E-state index in [2.05, 4.69) is 4.98 Å². The first kappa shape index (κ1) is 29.0. The SMILES string of the molecule is CN(C)Cc1c(-c2ccc(N)cc2)sc2c1c(=O)n(-c1cccc(OCC(F)F)n1)c(=O)n2Cc1c(F)cccc1F. The van der Waals surface area contributed by atoms with Gasteiger partial charge >= 0.3 is 5.69 Å². The molecule has 13 heteroatoms. The summed E-state index contributed by atoms with van der Waals surface area (Å²) in [6.45, 7) is -1.19. The lowest BCUT2D eigenvalue weighted by atomic mass is 10.1. The van der Waals surface area contributed by atoms with E-state index in [4.69, 9.17) is 10.5 Å². The summed E-state index contributed by atoms with van der Waals surface area (Å²) in [5.41, 5.74) is 5.70. The number of nitrogens with zero attached hydrogens (tertiary/aromatic N) is 4. The molecule has 0 unspecified atom stereocenters. The Kier molecular flexibility index (Phi) is 8.14. The Hall–Kier alpha value is -4.49. The fourth-order valence-electron chi connectivity index (χ4n) is 4.54. The van der Waals surface area contributed by atoms with Gasteiger partial charge in [0.2, 0.25) is 5.88 Å². The Bertz CT molecular complexity index is 1860. The standard InChI is InChI=1S/C29H25F4N5O3S/c1-36(2)13-19-25-27(39)38(23-7-4-8-24(35-23)41-15-22(32)33)29(40)37(14-18-20(30)5-3-6-21(18)31)28(25)42-26(19)16-9-11-17(34)12-10-16/h3-12,22H,13-15,34H2,1-2H3. The Morgan fingerprint density at radius 2 is 1.64 bits per heavy atom. The van der Waals surface area contributed by atoms with Gasteiger partial charge in [-0.15, -0.1) is 11.3 Å². The minimum absolute atomic E-state index is 0.151. The molecule has 0 aliphatic heterocycles. The number of anilines is 1. The molecule has 0 radical (unpaired) electrons. The van der Waals surface area contributed by atoms with Gasteiger partial charge in [-0.25, -0.2) is 26.9 Å². The quantitative estimate of drug-likeness (QED) is 0.192. The number of pyridine rings is 1. The van der Waals surface area contributed by atoms with E-state index in [9.17, 15) is 27.2 Å². The zero-order valence-electron chi connectivity index (χ0n) is 22.5. The molecule has 3 aromatic heterocycles. The van der Waals surface area contributed by atoms with E-state index >= 15 is 0 Å². The van der Waals surface area contributed by atoms with Gasteiger partial charge in [0.05, 0.1) is 11.9 Å². The third-order valence-electron chi connectivity index (χ3n) is 6.39. The highest BCUT2D eigenvalue weighted by molar-refractivity contribution is 7.22. The van der Waals surface area contributed by atoms with Gasteiger partial charge < -0.3 is 15.4 Å². The molecule has 8 nitrogen and oxygen atoms in total. The van der Waals surface area contributed by atoms with Crippen molar-refractivity contribution in [3.05, 3.63) is 104 Å². The number of fused-ring (bicyclic) bond motifs is 1. The van der Waals surface area contributed by atoms with Gasteiger partial charge in [-0.1, -0.05) is 24.3 Å². The number of hydrogen-bond acceptors (Lipinski definition) is 7. The highest BCUT2D eigenvalue weighted by atomic mass is 32.1. The number of thiophene rings is 1. The third-order valence-corrected chi connectivity index (χ3v) is 7.70. The molecule has 2 aromatic carbocycles. The maximum absolute atomic E-state index is 14.8. The van der Waals surface area contributed by atoms with Crippen LogP contribution in [0.4, 0.5) is 23.2 Å². The average molecular weight is 600 g/mol. The number of nitrogens with two attached hydrogens (primary N) is 1. The van der Waals surface area contributed by atoms with Gasteiger partial charge in [-0.2, -0.15) is 4.98 Å². The van der Waals surface area contributed by atoms with Crippen LogP contribution >= 0.6 is 11.3 Å². The van der Waals surface area contributed by atoms with Crippen LogP contribution in [0.2, 0.25) is 0 Å². The number of halogens is 4. The van der Waals surface area contributed by atoms with Gasteiger partial charge in [0, 0.05) is 28.7 Å². The second-order valence-electron chi connectivity index (χ2n) is 9.70. The average Bonchev–Trinajstić information content (AvgIpc) is 3.30. The molecule has 42 heavy (non-hydrogen) atoms. The van der Waals surface area contributed by atoms with Crippen LogP contribution in [0.5, 0.6) is 5.88 Å². The first-order chi connectivity index (χ1) is 20.0. The summed E-state index contributed by atoms with van der Waals surface area (Å²) in [4.78, 5) is 35.0. The lowest BCUT2D eigenvalue weighted by molar-refractivity contribution is 0.0796. The predicted molar refractivity (Wildman–Crippen MR) is 154 cm³/mol. The van der Waals surface area contributed by atoms with Crippen LogP contribution in [0.1, 0.15) is 11.1 Å². The van der Waals surface area contributed by atoms with Crippen LogP contribution < -0.4 is 21.7 Å². The Balaban J connectivity index is 1.85. The van der Waals surface area contributed by atoms with Crippen LogP contribution in [0.3, 0.4) is 0 Å². The molecule has 0 saturated heterocycles. The summed E-state index contributed by atoms with van der Waals surface area (Å²) in [5.74, 6) is -2.15. The molecule has 0 aliphatic carbocycles. The molecule has 3 heterocycles. The first-order valence-corrected chi connectivity index (χ1v) is 13.5.